The van der Waals surface area contributed by atoms with Crippen molar-refractivity contribution in [3.05, 3.63) is 87.4 Å². The third kappa shape index (κ3) is 4.12. The van der Waals surface area contributed by atoms with Crippen LogP contribution in [0.15, 0.2) is 80.5 Å². The second-order valence-electron chi connectivity index (χ2n) is 6.41. The van der Waals surface area contributed by atoms with Gasteiger partial charge in [0.25, 0.3) is 5.91 Å². The second kappa shape index (κ2) is 8.59. The highest BCUT2D eigenvalue weighted by atomic mass is 79.9. The number of thioether (sulfide) groups is 1. The van der Waals surface area contributed by atoms with Crippen LogP contribution in [0.4, 0.5) is 0 Å². The highest BCUT2D eigenvalue weighted by Gasteiger charge is 2.41. The number of carbonyl (C=O) groups is 2. The maximum atomic E-state index is 13.0. The summed E-state index contributed by atoms with van der Waals surface area (Å²) in [7, 11) is 0. The molecule has 0 saturated carbocycles. The van der Waals surface area contributed by atoms with Gasteiger partial charge >= 0.3 is 5.97 Å². The summed E-state index contributed by atoms with van der Waals surface area (Å²) in [6.07, 6.45) is 1.59. The number of carboxylic acids is 1. The number of halogens is 1. The van der Waals surface area contributed by atoms with Gasteiger partial charge in [0.15, 0.2) is 6.04 Å². The number of nitrogens with zero attached hydrogens (tertiary/aromatic N) is 1. The van der Waals surface area contributed by atoms with Crippen molar-refractivity contribution in [1.82, 2.24) is 4.90 Å². The Morgan fingerprint density at radius 1 is 1.10 bits per heavy atom. The summed E-state index contributed by atoms with van der Waals surface area (Å²) in [6, 6.07) is 18.6. The zero-order valence-corrected chi connectivity index (χ0v) is 18.5. The van der Waals surface area contributed by atoms with Crippen molar-refractivity contribution >= 4 is 62.2 Å². The average Bonchev–Trinajstić information content (AvgIpc) is 3.30. The van der Waals surface area contributed by atoms with Crippen LogP contribution in [-0.2, 0) is 9.59 Å². The van der Waals surface area contributed by atoms with Crippen molar-refractivity contribution in [1.29, 1.82) is 0 Å². The van der Waals surface area contributed by atoms with Gasteiger partial charge in [0.05, 0.1) is 4.91 Å². The van der Waals surface area contributed by atoms with Crippen LogP contribution in [0.1, 0.15) is 17.4 Å². The van der Waals surface area contributed by atoms with Crippen molar-refractivity contribution in [2.24, 2.45) is 0 Å². The molecule has 1 amide bonds. The number of carbonyl (C=O) groups excluding carboxylic acids is 1. The topological polar surface area (TPSA) is 70.8 Å². The van der Waals surface area contributed by atoms with Crippen LogP contribution in [0.5, 0.6) is 0 Å². The van der Waals surface area contributed by atoms with Crippen molar-refractivity contribution < 1.29 is 19.1 Å². The van der Waals surface area contributed by atoms with E-state index in [1.807, 2.05) is 30.3 Å². The first kappa shape index (κ1) is 20.6. The number of hydrogen-bond acceptors (Lipinski definition) is 5. The molecule has 0 aliphatic carbocycles. The van der Waals surface area contributed by atoms with Gasteiger partial charge in [-0.15, -0.1) is 0 Å². The summed E-state index contributed by atoms with van der Waals surface area (Å²) in [6.45, 7) is 0. The van der Waals surface area contributed by atoms with Crippen LogP contribution < -0.4 is 0 Å². The van der Waals surface area contributed by atoms with Gasteiger partial charge in [-0.1, -0.05) is 82.4 Å². The first-order chi connectivity index (χ1) is 14.4. The molecule has 5 nitrogen and oxygen atoms in total. The lowest BCUT2D eigenvalue weighted by atomic mass is 10.1. The van der Waals surface area contributed by atoms with Gasteiger partial charge < -0.3 is 9.52 Å². The quantitative estimate of drug-likeness (QED) is 0.356. The average molecular weight is 500 g/mol. The predicted octanol–water partition coefficient (Wildman–Crippen LogP) is 5.74. The van der Waals surface area contributed by atoms with Crippen molar-refractivity contribution in [3.63, 3.8) is 0 Å². The van der Waals surface area contributed by atoms with E-state index >= 15 is 0 Å². The number of furan rings is 1. The molecule has 1 atom stereocenters. The highest BCUT2D eigenvalue weighted by Crippen LogP contribution is 2.38. The molecule has 1 fully saturated rings. The Balaban J connectivity index is 1.62. The van der Waals surface area contributed by atoms with Gasteiger partial charge in [0.2, 0.25) is 0 Å². The lowest BCUT2D eigenvalue weighted by Crippen LogP contribution is -2.37. The van der Waals surface area contributed by atoms with E-state index < -0.39 is 17.9 Å². The maximum absolute atomic E-state index is 13.0. The SMILES string of the molecule is O=C(O)C(c1ccccc1)N1C(=O)/C(=C\c2ccc(-c3ccc(Br)cc3)o2)SC1=S. The van der Waals surface area contributed by atoms with Gasteiger partial charge in [0, 0.05) is 16.1 Å². The summed E-state index contributed by atoms with van der Waals surface area (Å²) in [4.78, 5) is 26.4. The predicted molar refractivity (Wildman–Crippen MR) is 124 cm³/mol. The van der Waals surface area contributed by atoms with Crippen LogP contribution in [-0.4, -0.2) is 26.2 Å². The van der Waals surface area contributed by atoms with Crippen LogP contribution in [0.25, 0.3) is 17.4 Å². The zero-order chi connectivity index (χ0) is 21.3. The van der Waals surface area contributed by atoms with Crippen LogP contribution in [0, 0.1) is 0 Å². The third-order valence-corrected chi connectivity index (χ3v) is 6.32. The van der Waals surface area contributed by atoms with Crippen molar-refractivity contribution in [2.45, 2.75) is 6.04 Å². The van der Waals surface area contributed by atoms with Gasteiger partial charge in [0.1, 0.15) is 15.8 Å². The summed E-state index contributed by atoms with van der Waals surface area (Å²) in [5.74, 6) is -0.450. The first-order valence-corrected chi connectivity index (χ1v) is 10.9. The number of thiocarbonyl (C=S) groups is 1. The maximum Gasteiger partial charge on any atom is 0.331 e. The minimum Gasteiger partial charge on any atom is -0.479 e. The van der Waals surface area contributed by atoms with Crippen molar-refractivity contribution in [2.75, 3.05) is 0 Å². The fourth-order valence-corrected chi connectivity index (χ4v) is 4.63. The minimum absolute atomic E-state index is 0.196. The van der Waals surface area contributed by atoms with E-state index in [0.29, 0.717) is 22.0 Å². The number of carboxylic acid groups (broad SMARTS) is 1. The Kier molecular flexibility index (Phi) is 5.90. The normalized spacial score (nSPS) is 16.3. The molecule has 150 valence electrons. The molecule has 0 bridgehead atoms. The van der Waals surface area contributed by atoms with Crippen LogP contribution in [0.3, 0.4) is 0 Å². The van der Waals surface area contributed by atoms with Crippen LogP contribution >= 0.6 is 39.9 Å². The van der Waals surface area contributed by atoms with Gasteiger partial charge in [-0.3, -0.25) is 9.69 Å². The molecule has 1 aliphatic heterocycles. The molecule has 2 heterocycles. The summed E-state index contributed by atoms with van der Waals surface area (Å²) in [5, 5.41) is 9.74. The largest absolute Gasteiger partial charge is 0.479 e. The summed E-state index contributed by atoms with van der Waals surface area (Å²) in [5.41, 5.74) is 1.39. The van der Waals surface area contributed by atoms with E-state index in [0.717, 1.165) is 26.7 Å². The first-order valence-electron chi connectivity index (χ1n) is 8.84. The fourth-order valence-electron chi connectivity index (χ4n) is 3.07. The summed E-state index contributed by atoms with van der Waals surface area (Å²) >= 11 is 9.79. The Labute approximate surface area is 190 Å². The molecule has 2 aromatic carbocycles. The van der Waals surface area contributed by atoms with E-state index in [1.165, 1.54) is 0 Å². The van der Waals surface area contributed by atoms with Crippen LogP contribution in [0.2, 0.25) is 0 Å². The van der Waals surface area contributed by atoms with E-state index in [4.69, 9.17) is 16.6 Å². The van der Waals surface area contributed by atoms with Gasteiger partial charge in [-0.2, -0.15) is 0 Å². The molecule has 30 heavy (non-hydrogen) atoms. The molecule has 3 aromatic rings. The number of aliphatic carboxylic acids is 1. The van der Waals surface area contributed by atoms with Gasteiger partial charge in [-0.25, -0.2) is 4.79 Å². The number of benzene rings is 2. The number of amides is 1. The van der Waals surface area contributed by atoms with Gasteiger partial charge in [-0.05, 0) is 29.8 Å². The van der Waals surface area contributed by atoms with Crippen molar-refractivity contribution in [3.8, 4) is 11.3 Å². The minimum atomic E-state index is -1.18. The molecule has 1 aliphatic rings. The lowest BCUT2D eigenvalue weighted by molar-refractivity contribution is -0.145. The lowest BCUT2D eigenvalue weighted by Gasteiger charge is -2.23. The molecule has 0 radical (unpaired) electrons. The highest BCUT2D eigenvalue weighted by molar-refractivity contribution is 9.10. The Morgan fingerprint density at radius 3 is 2.47 bits per heavy atom. The fraction of sp³-hybridized carbons (Fsp3) is 0.0455. The molecule has 1 N–H and O–H groups in total. The number of rotatable bonds is 5. The Morgan fingerprint density at radius 2 is 1.80 bits per heavy atom. The standard InChI is InChI=1S/C22H14BrNO4S2/c23-15-8-6-13(7-9-15)17-11-10-16(28-17)12-18-20(25)24(22(29)30-18)19(21(26)27)14-4-2-1-3-5-14/h1-12,19H,(H,26,27)/b18-12+. The summed E-state index contributed by atoms with van der Waals surface area (Å²) < 4.78 is 7.01. The third-order valence-electron chi connectivity index (χ3n) is 4.46. The van der Waals surface area contributed by atoms with E-state index in [1.54, 1.807) is 42.5 Å². The molecule has 4 rings (SSSR count). The Hall–Kier alpha value is -2.68. The molecule has 0 spiro atoms. The molecule has 1 saturated heterocycles. The van der Waals surface area contributed by atoms with E-state index in [9.17, 15) is 14.7 Å². The molecule has 1 unspecified atom stereocenters. The Bertz CT molecular complexity index is 1160. The number of hydrogen-bond donors (Lipinski definition) is 1. The monoisotopic (exact) mass is 499 g/mol. The molecule has 8 heteroatoms. The second-order valence-corrected chi connectivity index (χ2v) is 9.00. The zero-order valence-electron chi connectivity index (χ0n) is 15.3. The molecule has 1 aromatic heterocycles. The van der Waals surface area contributed by atoms with E-state index in [2.05, 4.69) is 15.9 Å². The smallest absolute Gasteiger partial charge is 0.331 e. The van der Waals surface area contributed by atoms with E-state index in [-0.39, 0.29) is 4.32 Å². The molecular formula is C22H14BrNO4S2. The molecular weight excluding hydrogens is 486 g/mol.